The van der Waals surface area contributed by atoms with Crippen molar-refractivity contribution >= 4 is 18.1 Å². The molecule has 2 N–H and O–H groups in total. The second-order valence-corrected chi connectivity index (χ2v) is 6.06. The number of carboxylic acid groups (broad SMARTS) is 1. The van der Waals surface area contributed by atoms with Gasteiger partial charge in [0.2, 0.25) is 5.91 Å². The lowest BCUT2D eigenvalue weighted by Crippen LogP contribution is -2.55. The third-order valence-electron chi connectivity index (χ3n) is 3.20. The van der Waals surface area contributed by atoms with Gasteiger partial charge in [0.05, 0.1) is 0 Å². The van der Waals surface area contributed by atoms with Gasteiger partial charge in [-0.3, -0.25) is 9.69 Å². The Balaban J connectivity index is 2.57. The van der Waals surface area contributed by atoms with Crippen LogP contribution in [-0.4, -0.2) is 40.1 Å². The summed E-state index contributed by atoms with van der Waals surface area (Å²) < 4.78 is 0. The zero-order chi connectivity index (χ0) is 16.8. The zero-order valence-corrected chi connectivity index (χ0v) is 13.5. The number of amides is 2. The monoisotopic (exact) mass is 304 g/mol. The molecular formula is C17H24N2O3. The number of benzene rings is 1. The Labute approximate surface area is 131 Å². The predicted molar refractivity (Wildman–Crippen MR) is 87.6 cm³/mol. The first-order chi connectivity index (χ1) is 10.2. The Bertz CT molecular complexity index is 533. The number of nitrogens with zero attached hydrogens (tertiary/aromatic N) is 1. The number of nitrogens with one attached hydrogen (secondary N) is 1. The van der Waals surface area contributed by atoms with Crippen LogP contribution >= 0.6 is 0 Å². The molecule has 0 spiro atoms. The highest BCUT2D eigenvalue weighted by atomic mass is 16.4. The molecule has 5 heteroatoms. The Hall–Kier alpha value is -2.30. The van der Waals surface area contributed by atoms with E-state index in [0.717, 1.165) is 10.5 Å². The van der Waals surface area contributed by atoms with Crippen LogP contribution in [0.2, 0.25) is 0 Å². The van der Waals surface area contributed by atoms with E-state index in [1.54, 1.807) is 27.7 Å². The van der Waals surface area contributed by atoms with Crippen molar-refractivity contribution in [1.29, 1.82) is 0 Å². The number of rotatable bonds is 5. The molecule has 0 aliphatic carbocycles. The zero-order valence-electron chi connectivity index (χ0n) is 13.5. The maximum atomic E-state index is 12.1. The molecule has 0 bridgehead atoms. The van der Waals surface area contributed by atoms with Crippen molar-refractivity contribution in [3.63, 3.8) is 0 Å². The topological polar surface area (TPSA) is 69.6 Å². The highest BCUT2D eigenvalue weighted by Crippen LogP contribution is 2.17. The molecule has 0 heterocycles. The standard InChI is InChI=1S/C17H24N2O3/c1-13(19(16(21)22)17(2,3)4)15(20)18-12-8-11-14-9-6-5-7-10-14/h5-11,13H,12H2,1-4H3,(H,18,20)(H,21,22)/b11-8-/t13-/m1/s1. The van der Waals surface area contributed by atoms with Gasteiger partial charge in [0.15, 0.2) is 0 Å². The molecular weight excluding hydrogens is 280 g/mol. The highest BCUT2D eigenvalue weighted by Gasteiger charge is 2.34. The van der Waals surface area contributed by atoms with Crippen molar-refractivity contribution in [2.75, 3.05) is 6.54 Å². The van der Waals surface area contributed by atoms with Crippen LogP contribution in [0.5, 0.6) is 0 Å². The molecule has 0 aromatic heterocycles. The van der Waals surface area contributed by atoms with Crippen molar-refractivity contribution in [3.05, 3.63) is 42.0 Å². The molecule has 2 amide bonds. The summed E-state index contributed by atoms with van der Waals surface area (Å²) in [4.78, 5) is 24.6. The van der Waals surface area contributed by atoms with E-state index in [1.165, 1.54) is 0 Å². The van der Waals surface area contributed by atoms with Gasteiger partial charge >= 0.3 is 6.09 Å². The van der Waals surface area contributed by atoms with E-state index in [2.05, 4.69) is 5.32 Å². The van der Waals surface area contributed by atoms with Crippen LogP contribution < -0.4 is 5.32 Å². The second-order valence-electron chi connectivity index (χ2n) is 6.06. The van der Waals surface area contributed by atoms with E-state index in [9.17, 15) is 14.7 Å². The summed E-state index contributed by atoms with van der Waals surface area (Å²) in [6.45, 7) is 7.24. The molecule has 120 valence electrons. The minimum Gasteiger partial charge on any atom is -0.465 e. The molecule has 1 rings (SSSR count). The van der Waals surface area contributed by atoms with E-state index >= 15 is 0 Å². The molecule has 0 aliphatic heterocycles. The Morgan fingerprint density at radius 3 is 2.36 bits per heavy atom. The lowest BCUT2D eigenvalue weighted by atomic mass is 10.0. The maximum absolute atomic E-state index is 12.1. The minimum absolute atomic E-state index is 0.310. The minimum atomic E-state index is -1.10. The summed E-state index contributed by atoms with van der Waals surface area (Å²) in [6.07, 6.45) is 2.64. The molecule has 0 saturated carbocycles. The SMILES string of the molecule is C[C@H](C(=O)NC/C=C\c1ccccc1)N(C(=O)O)C(C)(C)C. The third kappa shape index (κ3) is 5.24. The Morgan fingerprint density at radius 1 is 1.27 bits per heavy atom. The van der Waals surface area contributed by atoms with Gasteiger partial charge in [-0.2, -0.15) is 0 Å². The molecule has 22 heavy (non-hydrogen) atoms. The molecule has 1 aromatic carbocycles. The fourth-order valence-electron chi connectivity index (χ4n) is 2.22. The first-order valence-corrected chi connectivity index (χ1v) is 7.25. The van der Waals surface area contributed by atoms with Crippen LogP contribution in [-0.2, 0) is 4.79 Å². The first kappa shape index (κ1) is 17.8. The molecule has 0 fully saturated rings. The van der Waals surface area contributed by atoms with Gasteiger partial charge in [-0.25, -0.2) is 4.79 Å². The number of carbonyl (C=O) groups is 2. The van der Waals surface area contributed by atoms with E-state index in [4.69, 9.17) is 0 Å². The molecule has 1 atom stereocenters. The number of hydrogen-bond donors (Lipinski definition) is 2. The van der Waals surface area contributed by atoms with Gasteiger partial charge in [0, 0.05) is 12.1 Å². The largest absolute Gasteiger partial charge is 0.465 e. The van der Waals surface area contributed by atoms with Crippen LogP contribution in [0.4, 0.5) is 4.79 Å². The lowest BCUT2D eigenvalue weighted by molar-refractivity contribution is -0.126. The summed E-state index contributed by atoms with van der Waals surface area (Å²) in [5, 5.41) is 12.0. The smallest absolute Gasteiger partial charge is 0.408 e. The van der Waals surface area contributed by atoms with Crippen LogP contribution in [0.3, 0.4) is 0 Å². The van der Waals surface area contributed by atoms with Crippen molar-refractivity contribution in [2.45, 2.75) is 39.3 Å². The predicted octanol–water partition coefficient (Wildman–Crippen LogP) is 2.98. The summed E-state index contributed by atoms with van der Waals surface area (Å²) in [5.41, 5.74) is 0.411. The van der Waals surface area contributed by atoms with E-state index < -0.39 is 17.7 Å². The molecule has 0 saturated heterocycles. The van der Waals surface area contributed by atoms with Gasteiger partial charge in [0.25, 0.3) is 0 Å². The van der Waals surface area contributed by atoms with Crippen molar-refractivity contribution < 1.29 is 14.7 Å². The van der Waals surface area contributed by atoms with Gasteiger partial charge in [-0.1, -0.05) is 42.5 Å². The molecule has 5 nitrogen and oxygen atoms in total. The molecule has 0 aliphatic rings. The number of hydrogen-bond acceptors (Lipinski definition) is 2. The fourth-order valence-corrected chi connectivity index (χ4v) is 2.22. The normalized spacial score (nSPS) is 12.9. The Morgan fingerprint density at radius 2 is 1.86 bits per heavy atom. The van der Waals surface area contributed by atoms with E-state index in [1.807, 2.05) is 42.5 Å². The summed E-state index contributed by atoms with van der Waals surface area (Å²) >= 11 is 0. The second kappa shape index (κ2) is 7.64. The van der Waals surface area contributed by atoms with Gasteiger partial charge in [0.1, 0.15) is 6.04 Å². The van der Waals surface area contributed by atoms with Crippen LogP contribution in [0.1, 0.15) is 33.3 Å². The quantitative estimate of drug-likeness (QED) is 0.878. The summed E-state index contributed by atoms with van der Waals surface area (Å²) in [7, 11) is 0. The van der Waals surface area contributed by atoms with E-state index in [0.29, 0.717) is 6.54 Å². The molecule has 1 aromatic rings. The highest BCUT2D eigenvalue weighted by molar-refractivity contribution is 5.85. The van der Waals surface area contributed by atoms with Gasteiger partial charge in [-0.15, -0.1) is 0 Å². The Kier molecular flexibility index (Phi) is 6.16. The fraction of sp³-hybridized carbons (Fsp3) is 0.412. The average molecular weight is 304 g/mol. The third-order valence-corrected chi connectivity index (χ3v) is 3.20. The average Bonchev–Trinajstić information content (AvgIpc) is 2.42. The summed E-state index contributed by atoms with van der Waals surface area (Å²) in [6, 6.07) is 9.00. The van der Waals surface area contributed by atoms with Crippen LogP contribution in [0.25, 0.3) is 6.08 Å². The van der Waals surface area contributed by atoms with Crippen molar-refractivity contribution in [1.82, 2.24) is 10.2 Å². The molecule has 0 unspecified atom stereocenters. The van der Waals surface area contributed by atoms with Gasteiger partial charge in [-0.05, 0) is 33.3 Å². The van der Waals surface area contributed by atoms with Gasteiger partial charge < -0.3 is 10.4 Å². The van der Waals surface area contributed by atoms with E-state index in [-0.39, 0.29) is 5.91 Å². The summed E-state index contributed by atoms with van der Waals surface area (Å²) in [5.74, 6) is -0.310. The first-order valence-electron chi connectivity index (χ1n) is 7.25. The van der Waals surface area contributed by atoms with Crippen LogP contribution in [0, 0.1) is 0 Å². The van der Waals surface area contributed by atoms with Crippen molar-refractivity contribution in [3.8, 4) is 0 Å². The number of carbonyl (C=O) groups excluding carboxylic acids is 1. The lowest BCUT2D eigenvalue weighted by Gasteiger charge is -2.37. The maximum Gasteiger partial charge on any atom is 0.408 e. The molecule has 0 radical (unpaired) electrons. The van der Waals surface area contributed by atoms with Crippen molar-refractivity contribution in [2.24, 2.45) is 0 Å². The van der Waals surface area contributed by atoms with Crippen LogP contribution in [0.15, 0.2) is 36.4 Å².